The normalized spacial score (nSPS) is 15.1. The second kappa shape index (κ2) is 6.94. The molecule has 0 bridgehead atoms. The van der Waals surface area contributed by atoms with Gasteiger partial charge >= 0.3 is 42.0 Å². The lowest BCUT2D eigenvalue weighted by atomic mass is 9.94. The molecule has 25 heavy (non-hydrogen) atoms. The van der Waals surface area contributed by atoms with Gasteiger partial charge in [-0.2, -0.15) is 43.9 Å². The van der Waals surface area contributed by atoms with Crippen LogP contribution in [0.4, 0.5) is 52.7 Å². The highest BCUT2D eigenvalue weighted by Gasteiger charge is 2.87. The highest BCUT2D eigenvalue weighted by atomic mass is 19.4. The van der Waals surface area contributed by atoms with E-state index in [-0.39, 0.29) is 0 Å². The van der Waals surface area contributed by atoms with Gasteiger partial charge in [0.15, 0.2) is 6.61 Å². The quantitative estimate of drug-likeness (QED) is 0.340. The Hall–Kier alpha value is -1.63. The molecule has 0 aliphatic heterocycles. The molecule has 0 saturated carbocycles. The molecule has 0 unspecified atom stereocenters. The molecule has 0 saturated heterocycles. The van der Waals surface area contributed by atoms with E-state index in [0.717, 1.165) is 13.0 Å². The van der Waals surface area contributed by atoms with Gasteiger partial charge in [0, 0.05) is 6.08 Å². The first-order valence-electron chi connectivity index (χ1n) is 5.86. The topological polar surface area (TPSA) is 26.3 Å². The van der Waals surface area contributed by atoms with Crippen molar-refractivity contribution in [3.05, 3.63) is 12.2 Å². The average molecular weight is 400 g/mol. The third-order valence-electron chi connectivity index (χ3n) is 2.64. The van der Waals surface area contributed by atoms with Gasteiger partial charge in [-0.1, -0.05) is 6.08 Å². The summed E-state index contributed by atoms with van der Waals surface area (Å²) in [5, 5.41) is 0. The molecule has 148 valence electrons. The van der Waals surface area contributed by atoms with Gasteiger partial charge in [0.05, 0.1) is 0 Å². The Bertz CT molecular complexity index is 511. The Morgan fingerprint density at radius 2 is 1.32 bits per heavy atom. The maximum atomic E-state index is 13.1. The van der Waals surface area contributed by atoms with Crippen molar-refractivity contribution in [1.29, 1.82) is 0 Å². The molecule has 14 heteroatoms. The number of alkyl halides is 12. The first kappa shape index (κ1) is 23.4. The van der Waals surface area contributed by atoms with Gasteiger partial charge < -0.3 is 4.74 Å². The zero-order valence-electron chi connectivity index (χ0n) is 11.8. The smallest absolute Gasteiger partial charge is 0.384 e. The van der Waals surface area contributed by atoms with E-state index in [1.54, 1.807) is 0 Å². The highest BCUT2D eigenvalue weighted by Crippen LogP contribution is 2.58. The summed E-state index contributed by atoms with van der Waals surface area (Å²) in [4.78, 5) is 10.7. The van der Waals surface area contributed by atoms with Crippen molar-refractivity contribution in [2.24, 2.45) is 0 Å². The minimum Gasteiger partial charge on any atom is -0.456 e. The first-order valence-corrected chi connectivity index (χ1v) is 5.86. The largest absolute Gasteiger partial charge is 0.456 e. The standard InChI is InChI=1S/C11H8F12O2/c1-2-3-5(24)25-4-7(14,15)9(18,19)11(22,23)10(20,21)8(16,17)6(12)13/h2-3,6H,4H2,1H3. The van der Waals surface area contributed by atoms with E-state index >= 15 is 0 Å². The fourth-order valence-corrected chi connectivity index (χ4v) is 1.21. The van der Waals surface area contributed by atoms with Crippen molar-refractivity contribution in [1.82, 2.24) is 0 Å². The van der Waals surface area contributed by atoms with Crippen LogP contribution < -0.4 is 0 Å². The maximum absolute atomic E-state index is 13.1. The highest BCUT2D eigenvalue weighted by molar-refractivity contribution is 5.81. The number of carbonyl (C=O) groups excluding carboxylic acids is 1. The van der Waals surface area contributed by atoms with Crippen LogP contribution in [0.3, 0.4) is 0 Å². The number of halogens is 12. The van der Waals surface area contributed by atoms with Crippen molar-refractivity contribution >= 4 is 5.97 Å². The van der Waals surface area contributed by atoms with Gasteiger partial charge in [0.25, 0.3) is 0 Å². The number of esters is 1. The third kappa shape index (κ3) is 3.81. The van der Waals surface area contributed by atoms with Crippen LogP contribution in [0.15, 0.2) is 12.2 Å². The zero-order chi connectivity index (χ0) is 20.5. The second-order valence-corrected chi connectivity index (χ2v) is 4.46. The Labute approximate surface area is 131 Å². The summed E-state index contributed by atoms with van der Waals surface area (Å²) in [5.74, 6) is -37.6. The van der Waals surface area contributed by atoms with E-state index in [1.165, 1.54) is 0 Å². The molecular weight excluding hydrogens is 392 g/mol. The number of ether oxygens (including phenoxy) is 1. The number of rotatable bonds is 8. The van der Waals surface area contributed by atoms with Gasteiger partial charge in [-0.25, -0.2) is 13.6 Å². The summed E-state index contributed by atoms with van der Waals surface area (Å²) in [6.45, 7) is -1.79. The summed E-state index contributed by atoms with van der Waals surface area (Å²) in [5.41, 5.74) is 0. The van der Waals surface area contributed by atoms with Crippen LogP contribution in [0, 0.1) is 0 Å². The fraction of sp³-hybridized carbons (Fsp3) is 0.727. The van der Waals surface area contributed by atoms with Crippen molar-refractivity contribution in [2.75, 3.05) is 6.61 Å². The summed E-state index contributed by atoms with van der Waals surface area (Å²) >= 11 is 0. The van der Waals surface area contributed by atoms with Crippen molar-refractivity contribution in [2.45, 2.75) is 43.0 Å². The Morgan fingerprint density at radius 3 is 1.68 bits per heavy atom. The minimum absolute atomic E-state index is 0.353. The molecule has 0 N–H and O–H groups in total. The van der Waals surface area contributed by atoms with Crippen molar-refractivity contribution in [3.8, 4) is 0 Å². The molecule has 0 heterocycles. The first-order chi connectivity index (χ1) is 10.9. The van der Waals surface area contributed by atoms with Gasteiger partial charge in [-0.05, 0) is 6.92 Å². The molecular formula is C11H8F12O2. The average Bonchev–Trinajstić information content (AvgIpc) is 2.44. The second-order valence-electron chi connectivity index (χ2n) is 4.46. The number of carbonyl (C=O) groups is 1. The lowest BCUT2D eigenvalue weighted by Crippen LogP contribution is -2.69. The molecule has 0 radical (unpaired) electrons. The van der Waals surface area contributed by atoms with Gasteiger partial charge in [0.1, 0.15) is 0 Å². The van der Waals surface area contributed by atoms with Crippen LogP contribution in [-0.4, -0.2) is 48.6 Å². The number of allylic oxidation sites excluding steroid dienone is 1. The fourth-order valence-electron chi connectivity index (χ4n) is 1.21. The van der Waals surface area contributed by atoms with E-state index in [9.17, 15) is 57.5 Å². The third-order valence-corrected chi connectivity index (χ3v) is 2.64. The van der Waals surface area contributed by atoms with Crippen molar-refractivity contribution in [3.63, 3.8) is 0 Å². The molecule has 0 fully saturated rings. The molecule has 0 amide bonds. The van der Waals surface area contributed by atoms with E-state index in [0.29, 0.717) is 6.08 Å². The predicted molar refractivity (Wildman–Crippen MR) is 56.5 cm³/mol. The lowest BCUT2D eigenvalue weighted by molar-refractivity contribution is -0.414. The Kier molecular flexibility index (Phi) is 6.49. The SMILES string of the molecule is CC=CC(=O)OCC(F)(F)C(F)(F)C(F)(F)C(F)(F)C(F)(F)C(F)F. The van der Waals surface area contributed by atoms with Crippen LogP contribution >= 0.6 is 0 Å². The zero-order valence-corrected chi connectivity index (χ0v) is 11.8. The molecule has 2 nitrogen and oxygen atoms in total. The van der Waals surface area contributed by atoms with Crippen LogP contribution in [0.25, 0.3) is 0 Å². The van der Waals surface area contributed by atoms with Crippen LogP contribution in [-0.2, 0) is 9.53 Å². The number of hydrogen-bond donors (Lipinski definition) is 0. The van der Waals surface area contributed by atoms with Crippen LogP contribution in [0.1, 0.15) is 6.92 Å². The van der Waals surface area contributed by atoms with E-state index in [4.69, 9.17) is 0 Å². The maximum Gasteiger partial charge on any atom is 0.384 e. The van der Waals surface area contributed by atoms with Gasteiger partial charge in [0.2, 0.25) is 0 Å². The van der Waals surface area contributed by atoms with Crippen LogP contribution in [0.2, 0.25) is 0 Å². The number of hydrogen-bond acceptors (Lipinski definition) is 2. The molecule has 0 aliphatic rings. The van der Waals surface area contributed by atoms with E-state index in [2.05, 4.69) is 4.74 Å². The molecule has 0 aromatic heterocycles. The molecule has 0 rings (SSSR count). The molecule has 0 aromatic rings. The monoisotopic (exact) mass is 400 g/mol. The summed E-state index contributed by atoms with van der Waals surface area (Å²) in [6.07, 6.45) is -4.37. The molecule has 0 atom stereocenters. The molecule has 0 spiro atoms. The Balaban J connectivity index is 5.82. The van der Waals surface area contributed by atoms with E-state index < -0.39 is 48.6 Å². The van der Waals surface area contributed by atoms with Crippen LogP contribution in [0.5, 0.6) is 0 Å². The van der Waals surface area contributed by atoms with Crippen molar-refractivity contribution < 1.29 is 62.2 Å². The molecule has 0 aliphatic carbocycles. The van der Waals surface area contributed by atoms with E-state index in [1.807, 2.05) is 0 Å². The predicted octanol–water partition coefficient (Wildman–Crippen LogP) is 4.55. The summed E-state index contributed by atoms with van der Waals surface area (Å²) < 4.78 is 156. The lowest BCUT2D eigenvalue weighted by Gasteiger charge is -2.38. The van der Waals surface area contributed by atoms with Gasteiger partial charge in [-0.15, -0.1) is 0 Å². The minimum atomic E-state index is -7.63. The molecule has 0 aromatic carbocycles. The Morgan fingerprint density at radius 1 is 0.880 bits per heavy atom. The summed E-state index contributed by atoms with van der Waals surface area (Å²) in [6, 6.07) is 0. The van der Waals surface area contributed by atoms with Gasteiger partial charge in [-0.3, -0.25) is 0 Å². The summed E-state index contributed by atoms with van der Waals surface area (Å²) in [7, 11) is 0.